The van der Waals surface area contributed by atoms with Crippen molar-refractivity contribution >= 4 is 27.6 Å². The van der Waals surface area contributed by atoms with E-state index in [1.165, 1.54) is 0 Å². The Balaban J connectivity index is 2.22. The second kappa shape index (κ2) is 4.16. The predicted molar refractivity (Wildman–Crippen MR) is 69.5 cm³/mol. The monoisotopic (exact) mass is 311 g/mol. The first-order valence-electron chi connectivity index (χ1n) is 5.89. The van der Waals surface area contributed by atoms with Crippen molar-refractivity contribution in [2.45, 2.75) is 30.5 Å². The maximum absolute atomic E-state index is 13.8. The highest BCUT2D eigenvalue weighted by Crippen LogP contribution is 2.44. The molecule has 2 aliphatic carbocycles. The minimum Gasteiger partial charge on any atom is -0.478 e. The predicted octanol–water partition coefficient (Wildman–Crippen LogP) is 3.28. The molecule has 0 aromatic heterocycles. The van der Waals surface area contributed by atoms with Crippen LogP contribution in [0.2, 0.25) is 0 Å². The smallest absolute Gasteiger partial charge is 0.338 e. The molecule has 94 valence electrons. The molecule has 0 saturated heterocycles. The van der Waals surface area contributed by atoms with Gasteiger partial charge in [0.25, 0.3) is 0 Å². The van der Waals surface area contributed by atoms with E-state index in [1.807, 2.05) is 0 Å². The van der Waals surface area contributed by atoms with E-state index in [-0.39, 0.29) is 5.57 Å². The summed E-state index contributed by atoms with van der Waals surface area (Å²) in [5, 5.41) is 9.15. The van der Waals surface area contributed by atoms with Crippen LogP contribution in [-0.2, 0) is 4.79 Å². The molecule has 5 heteroatoms. The number of hydrogen-bond acceptors (Lipinski definition) is 2. The van der Waals surface area contributed by atoms with Crippen molar-refractivity contribution < 1.29 is 14.3 Å². The summed E-state index contributed by atoms with van der Waals surface area (Å²) < 4.78 is 13.8. The van der Waals surface area contributed by atoms with Gasteiger partial charge in [-0.1, -0.05) is 15.9 Å². The van der Waals surface area contributed by atoms with Crippen LogP contribution in [0.3, 0.4) is 0 Å². The van der Waals surface area contributed by atoms with Crippen LogP contribution < -0.4 is 0 Å². The van der Waals surface area contributed by atoms with E-state index in [1.54, 1.807) is 0 Å². The van der Waals surface area contributed by atoms with E-state index >= 15 is 0 Å². The summed E-state index contributed by atoms with van der Waals surface area (Å²) in [6.45, 7) is 0. The number of carboxylic acid groups (broad SMARTS) is 1. The number of allylic oxidation sites excluding steroid dienone is 3. The summed E-state index contributed by atoms with van der Waals surface area (Å²) >= 11 is 3.30. The number of aliphatic carboxylic acids is 1. The van der Waals surface area contributed by atoms with Gasteiger partial charge in [-0.05, 0) is 37.3 Å². The summed E-state index contributed by atoms with van der Waals surface area (Å²) in [5.41, 5.74) is 3.12. The molecule has 0 amide bonds. The molecule has 1 fully saturated rings. The molecule has 1 atom stereocenters. The Morgan fingerprint density at radius 2 is 2.17 bits per heavy atom. The van der Waals surface area contributed by atoms with Crippen LogP contribution in [0, 0.1) is 0 Å². The Morgan fingerprint density at radius 3 is 2.89 bits per heavy atom. The SMILES string of the molecule is O=C(O)C1=C2N=C3CCCCC3=C2C(Br)C(F)=C1. The molecule has 1 N–H and O–H groups in total. The van der Waals surface area contributed by atoms with Crippen molar-refractivity contribution in [2.75, 3.05) is 0 Å². The highest BCUT2D eigenvalue weighted by atomic mass is 79.9. The van der Waals surface area contributed by atoms with Crippen LogP contribution in [-0.4, -0.2) is 21.6 Å². The van der Waals surface area contributed by atoms with E-state index < -0.39 is 16.6 Å². The van der Waals surface area contributed by atoms with Crippen LogP contribution in [0.1, 0.15) is 25.7 Å². The van der Waals surface area contributed by atoms with Crippen molar-refractivity contribution in [3.63, 3.8) is 0 Å². The fourth-order valence-corrected chi connectivity index (χ4v) is 3.32. The lowest BCUT2D eigenvalue weighted by Gasteiger charge is -2.20. The van der Waals surface area contributed by atoms with Crippen LogP contribution in [0.4, 0.5) is 4.39 Å². The van der Waals surface area contributed by atoms with E-state index in [4.69, 9.17) is 5.11 Å². The minimum absolute atomic E-state index is 0.0346. The topological polar surface area (TPSA) is 49.7 Å². The number of hydrogen-bond donors (Lipinski definition) is 1. The second-order valence-electron chi connectivity index (χ2n) is 4.62. The van der Waals surface area contributed by atoms with Crippen molar-refractivity contribution in [3.8, 4) is 0 Å². The summed E-state index contributed by atoms with van der Waals surface area (Å²) in [4.78, 5) is 15.0. The lowest BCUT2D eigenvalue weighted by molar-refractivity contribution is -0.132. The number of aliphatic imine (C=N–C) groups is 1. The quantitative estimate of drug-likeness (QED) is 0.755. The van der Waals surface area contributed by atoms with E-state index in [0.717, 1.165) is 48.6 Å². The van der Waals surface area contributed by atoms with Gasteiger partial charge in [0.15, 0.2) is 0 Å². The first kappa shape index (κ1) is 11.8. The van der Waals surface area contributed by atoms with Crippen molar-refractivity contribution in [2.24, 2.45) is 4.99 Å². The van der Waals surface area contributed by atoms with Crippen molar-refractivity contribution in [1.82, 2.24) is 0 Å². The van der Waals surface area contributed by atoms with Gasteiger partial charge < -0.3 is 5.11 Å². The molecule has 0 radical (unpaired) electrons. The van der Waals surface area contributed by atoms with Crippen LogP contribution >= 0.6 is 15.9 Å². The number of alkyl halides is 1. The Kier molecular flexibility index (Phi) is 2.73. The zero-order valence-electron chi connectivity index (χ0n) is 9.54. The molecule has 3 aliphatic rings. The van der Waals surface area contributed by atoms with Gasteiger partial charge in [0.1, 0.15) is 5.83 Å². The number of carbonyl (C=O) groups is 1. The molecule has 0 aromatic carbocycles. The molecule has 1 heterocycles. The number of halogens is 2. The largest absolute Gasteiger partial charge is 0.478 e. The van der Waals surface area contributed by atoms with Gasteiger partial charge in [0.2, 0.25) is 0 Å². The van der Waals surface area contributed by atoms with E-state index in [2.05, 4.69) is 20.9 Å². The third kappa shape index (κ3) is 1.61. The highest BCUT2D eigenvalue weighted by molar-refractivity contribution is 9.09. The van der Waals surface area contributed by atoms with E-state index in [9.17, 15) is 9.18 Å². The highest BCUT2D eigenvalue weighted by Gasteiger charge is 2.37. The fraction of sp³-hybridized carbons (Fsp3) is 0.385. The van der Waals surface area contributed by atoms with Gasteiger partial charge in [0, 0.05) is 11.3 Å². The third-order valence-electron chi connectivity index (χ3n) is 3.53. The molecule has 3 nitrogen and oxygen atoms in total. The second-order valence-corrected chi connectivity index (χ2v) is 5.53. The van der Waals surface area contributed by atoms with Crippen molar-refractivity contribution in [1.29, 1.82) is 0 Å². The molecule has 18 heavy (non-hydrogen) atoms. The van der Waals surface area contributed by atoms with Gasteiger partial charge in [-0.3, -0.25) is 4.99 Å². The zero-order chi connectivity index (χ0) is 12.9. The van der Waals surface area contributed by atoms with Gasteiger partial charge in [-0.2, -0.15) is 0 Å². The molecule has 1 aliphatic heterocycles. The van der Waals surface area contributed by atoms with Crippen LogP contribution in [0.5, 0.6) is 0 Å². The maximum Gasteiger partial charge on any atom is 0.338 e. The van der Waals surface area contributed by atoms with Gasteiger partial charge >= 0.3 is 5.97 Å². The number of rotatable bonds is 1. The molecule has 3 rings (SSSR count). The number of nitrogens with zero attached hydrogens (tertiary/aromatic N) is 1. The normalized spacial score (nSPS) is 26.7. The number of fused-ring (bicyclic) bond motifs is 2. The summed E-state index contributed by atoms with van der Waals surface area (Å²) in [6.07, 6.45) is 4.91. The molecule has 1 saturated carbocycles. The Bertz CT molecular complexity index is 572. The molecule has 0 spiro atoms. The minimum atomic E-state index is -1.12. The Labute approximate surface area is 112 Å². The van der Waals surface area contributed by atoms with Crippen LogP contribution in [0.15, 0.2) is 39.3 Å². The molecule has 0 aromatic rings. The lowest BCUT2D eigenvalue weighted by atomic mass is 9.87. The van der Waals surface area contributed by atoms with Gasteiger partial charge in [-0.15, -0.1) is 0 Å². The summed E-state index contributed by atoms with van der Waals surface area (Å²) in [7, 11) is 0. The average Bonchev–Trinajstić information content (AvgIpc) is 2.72. The fourth-order valence-electron chi connectivity index (χ4n) is 2.70. The third-order valence-corrected chi connectivity index (χ3v) is 4.42. The Morgan fingerprint density at radius 1 is 1.44 bits per heavy atom. The van der Waals surface area contributed by atoms with Gasteiger partial charge in [0.05, 0.1) is 16.1 Å². The molecule has 1 unspecified atom stereocenters. The maximum atomic E-state index is 13.8. The summed E-state index contributed by atoms with van der Waals surface area (Å²) in [6, 6.07) is 0. The zero-order valence-corrected chi connectivity index (χ0v) is 11.1. The standard InChI is InChI=1S/C13H11BrFNO2/c14-11-8(15)5-7(13(17)18)12-10(11)6-3-1-2-4-9(6)16-12/h5,11H,1-4H2,(H,17,18). The van der Waals surface area contributed by atoms with Crippen LogP contribution in [0.25, 0.3) is 0 Å². The van der Waals surface area contributed by atoms with E-state index in [0.29, 0.717) is 5.70 Å². The first-order chi connectivity index (χ1) is 8.59. The van der Waals surface area contributed by atoms with Gasteiger partial charge in [-0.25, -0.2) is 9.18 Å². The Hall–Kier alpha value is -1.23. The summed E-state index contributed by atoms with van der Waals surface area (Å²) in [5.74, 6) is -1.58. The first-order valence-corrected chi connectivity index (χ1v) is 6.81. The average molecular weight is 312 g/mol. The van der Waals surface area contributed by atoms with Crippen molar-refractivity contribution in [3.05, 3.63) is 34.3 Å². The molecular formula is C13H11BrFNO2. The number of carboxylic acids is 1. The lowest BCUT2D eigenvalue weighted by Crippen LogP contribution is -2.16. The molecule has 0 bridgehead atoms. The molecular weight excluding hydrogens is 301 g/mol.